The summed E-state index contributed by atoms with van der Waals surface area (Å²) in [6.45, 7) is 7.19. The number of amides is 1. The highest BCUT2D eigenvalue weighted by Crippen LogP contribution is 2.34. The number of carbonyl (C=O) groups is 1. The van der Waals surface area contributed by atoms with Crippen molar-refractivity contribution in [2.75, 3.05) is 18.1 Å². The molecule has 1 aliphatic heterocycles. The fourth-order valence-electron chi connectivity index (χ4n) is 1.98. The Hall–Kier alpha value is -1.91. The van der Waals surface area contributed by atoms with Crippen molar-refractivity contribution in [2.45, 2.75) is 27.2 Å². The number of hydrogen-bond donors (Lipinski definition) is 0. The molecule has 1 aliphatic rings. The van der Waals surface area contributed by atoms with Crippen molar-refractivity contribution in [3.05, 3.63) is 24.2 Å². The van der Waals surface area contributed by atoms with Crippen LogP contribution in [0.5, 0.6) is 5.88 Å². The Bertz CT molecular complexity index is 497. The molecule has 0 atom stereocenters. The second-order valence-corrected chi connectivity index (χ2v) is 4.92. The van der Waals surface area contributed by atoms with Crippen LogP contribution in [0.4, 0.5) is 5.69 Å². The first-order valence-electron chi connectivity index (χ1n) is 6.54. The Morgan fingerprint density at radius 3 is 3.00 bits per heavy atom. The fourth-order valence-corrected chi connectivity index (χ4v) is 1.98. The van der Waals surface area contributed by atoms with E-state index in [1.54, 1.807) is 17.1 Å². The maximum atomic E-state index is 12.0. The highest BCUT2D eigenvalue weighted by molar-refractivity contribution is 6.03. The Morgan fingerprint density at radius 1 is 1.53 bits per heavy atom. The molecule has 0 N–H and O–H groups in total. The molecule has 19 heavy (non-hydrogen) atoms. The van der Waals surface area contributed by atoms with Crippen LogP contribution in [0.2, 0.25) is 0 Å². The number of allylic oxidation sites excluding steroid dienone is 1. The van der Waals surface area contributed by atoms with E-state index in [0.717, 1.165) is 17.8 Å². The number of aromatic nitrogens is 2. The number of ether oxygens (including phenoxy) is 1. The lowest BCUT2D eigenvalue weighted by Gasteiger charge is -2.18. The third kappa shape index (κ3) is 2.92. The van der Waals surface area contributed by atoms with Crippen LogP contribution in [0.25, 0.3) is 0 Å². The molecule has 2 rings (SSSR count). The van der Waals surface area contributed by atoms with Crippen LogP contribution in [-0.2, 0) is 11.2 Å². The normalized spacial score (nSPS) is 14.2. The third-order valence-electron chi connectivity index (χ3n) is 2.84. The quantitative estimate of drug-likeness (QED) is 0.778. The lowest BCUT2D eigenvalue weighted by molar-refractivity contribution is -0.114. The summed E-state index contributed by atoms with van der Waals surface area (Å²) in [4.78, 5) is 22.1. The maximum Gasteiger partial charge on any atom is 0.250 e. The summed E-state index contributed by atoms with van der Waals surface area (Å²) in [6.07, 6.45) is 5.53. The third-order valence-corrected chi connectivity index (χ3v) is 2.84. The minimum absolute atomic E-state index is 0.0505. The van der Waals surface area contributed by atoms with Gasteiger partial charge in [0.1, 0.15) is 12.0 Å². The van der Waals surface area contributed by atoms with Gasteiger partial charge in [-0.25, -0.2) is 4.98 Å². The first-order chi connectivity index (χ1) is 9.13. The van der Waals surface area contributed by atoms with Gasteiger partial charge in [0.05, 0.1) is 12.3 Å². The molecular weight excluding hydrogens is 242 g/mol. The summed E-state index contributed by atoms with van der Waals surface area (Å²) < 4.78 is 5.70. The number of carbonyl (C=O) groups excluding carboxylic acids is 1. The molecule has 0 saturated carbocycles. The number of anilines is 1. The Morgan fingerprint density at radius 2 is 2.32 bits per heavy atom. The van der Waals surface area contributed by atoms with Crippen molar-refractivity contribution in [2.24, 2.45) is 5.92 Å². The molecule has 0 spiro atoms. The van der Waals surface area contributed by atoms with Crippen molar-refractivity contribution in [1.82, 2.24) is 9.97 Å². The second-order valence-electron chi connectivity index (χ2n) is 4.92. The van der Waals surface area contributed by atoms with Gasteiger partial charge in [-0.15, -0.1) is 0 Å². The average Bonchev–Trinajstić information content (AvgIpc) is 2.81. The van der Waals surface area contributed by atoms with E-state index in [9.17, 15) is 4.79 Å². The van der Waals surface area contributed by atoms with Crippen LogP contribution in [-0.4, -0.2) is 29.0 Å². The standard InChI is InChI=1S/C14H19N3O2/c1-4-5-12(18)17-7-6-11-13(17)14(16-9-15-11)19-8-10(2)3/h4-5,9-10H,6-8H2,1-3H3. The van der Waals surface area contributed by atoms with E-state index in [-0.39, 0.29) is 5.91 Å². The van der Waals surface area contributed by atoms with Gasteiger partial charge >= 0.3 is 0 Å². The molecule has 0 bridgehead atoms. The molecule has 0 radical (unpaired) electrons. The van der Waals surface area contributed by atoms with Gasteiger partial charge in [0.15, 0.2) is 0 Å². The van der Waals surface area contributed by atoms with Crippen LogP contribution < -0.4 is 9.64 Å². The van der Waals surface area contributed by atoms with Gasteiger partial charge < -0.3 is 9.64 Å². The molecule has 0 aliphatic carbocycles. The summed E-state index contributed by atoms with van der Waals surface area (Å²) in [5, 5.41) is 0. The monoisotopic (exact) mass is 261 g/mol. The van der Waals surface area contributed by atoms with E-state index < -0.39 is 0 Å². The minimum atomic E-state index is -0.0505. The zero-order chi connectivity index (χ0) is 13.8. The van der Waals surface area contributed by atoms with Crippen molar-refractivity contribution in [1.29, 1.82) is 0 Å². The second kappa shape index (κ2) is 5.82. The van der Waals surface area contributed by atoms with Gasteiger partial charge in [-0.3, -0.25) is 4.79 Å². The molecule has 5 nitrogen and oxygen atoms in total. The SMILES string of the molecule is CC=CC(=O)N1CCc2ncnc(OCC(C)C)c21. The van der Waals surface area contributed by atoms with Crippen LogP contribution in [0, 0.1) is 5.92 Å². The van der Waals surface area contributed by atoms with E-state index in [4.69, 9.17) is 4.74 Å². The molecule has 0 unspecified atom stereocenters. The molecule has 102 valence electrons. The molecule has 1 aromatic rings. The van der Waals surface area contributed by atoms with Crippen LogP contribution in [0.1, 0.15) is 26.5 Å². The Labute approximate surface area is 113 Å². The summed E-state index contributed by atoms with van der Waals surface area (Å²) in [7, 11) is 0. The van der Waals surface area contributed by atoms with E-state index in [2.05, 4.69) is 23.8 Å². The zero-order valence-corrected chi connectivity index (χ0v) is 11.6. The molecule has 0 saturated heterocycles. The van der Waals surface area contributed by atoms with Gasteiger partial charge in [0.25, 0.3) is 5.91 Å². The van der Waals surface area contributed by atoms with E-state index in [1.807, 2.05) is 6.92 Å². The molecule has 0 fully saturated rings. The van der Waals surface area contributed by atoms with Crippen LogP contribution in [0.3, 0.4) is 0 Å². The first-order valence-corrected chi connectivity index (χ1v) is 6.54. The fraction of sp³-hybridized carbons (Fsp3) is 0.500. The van der Waals surface area contributed by atoms with Gasteiger partial charge in [-0.2, -0.15) is 4.98 Å². The van der Waals surface area contributed by atoms with Gasteiger partial charge in [-0.1, -0.05) is 19.9 Å². The number of hydrogen-bond acceptors (Lipinski definition) is 4. The van der Waals surface area contributed by atoms with Crippen molar-refractivity contribution < 1.29 is 9.53 Å². The molecule has 1 amide bonds. The van der Waals surface area contributed by atoms with Crippen molar-refractivity contribution in [3.63, 3.8) is 0 Å². The van der Waals surface area contributed by atoms with Crippen LogP contribution >= 0.6 is 0 Å². The number of rotatable bonds is 4. The molecule has 0 aromatic carbocycles. The Kier molecular flexibility index (Phi) is 4.14. The molecule has 5 heteroatoms. The number of nitrogens with zero attached hydrogens (tertiary/aromatic N) is 3. The lowest BCUT2D eigenvalue weighted by atomic mass is 10.2. The Balaban J connectivity index is 2.28. The van der Waals surface area contributed by atoms with E-state index in [0.29, 0.717) is 24.9 Å². The predicted octanol–water partition coefficient (Wildman–Crippen LogP) is 1.98. The summed E-state index contributed by atoms with van der Waals surface area (Å²) in [6, 6.07) is 0. The van der Waals surface area contributed by atoms with Crippen molar-refractivity contribution in [3.8, 4) is 5.88 Å². The number of fused-ring (bicyclic) bond motifs is 1. The maximum absolute atomic E-state index is 12.0. The molecular formula is C14H19N3O2. The zero-order valence-electron chi connectivity index (χ0n) is 11.6. The van der Waals surface area contributed by atoms with Crippen LogP contribution in [0.15, 0.2) is 18.5 Å². The van der Waals surface area contributed by atoms with E-state index in [1.165, 1.54) is 6.33 Å². The minimum Gasteiger partial charge on any atom is -0.476 e. The largest absolute Gasteiger partial charge is 0.476 e. The summed E-state index contributed by atoms with van der Waals surface area (Å²) >= 11 is 0. The highest BCUT2D eigenvalue weighted by Gasteiger charge is 2.29. The van der Waals surface area contributed by atoms with Gasteiger partial charge in [0, 0.05) is 13.0 Å². The first kappa shape index (κ1) is 13.5. The van der Waals surface area contributed by atoms with Gasteiger partial charge in [0.2, 0.25) is 5.88 Å². The topological polar surface area (TPSA) is 55.3 Å². The molecule has 2 heterocycles. The van der Waals surface area contributed by atoms with Gasteiger partial charge in [-0.05, 0) is 18.9 Å². The smallest absolute Gasteiger partial charge is 0.250 e. The van der Waals surface area contributed by atoms with Crippen molar-refractivity contribution >= 4 is 11.6 Å². The lowest BCUT2D eigenvalue weighted by Crippen LogP contribution is -2.27. The average molecular weight is 261 g/mol. The summed E-state index contributed by atoms with van der Waals surface area (Å²) in [5.41, 5.74) is 1.61. The highest BCUT2D eigenvalue weighted by atomic mass is 16.5. The predicted molar refractivity (Wildman–Crippen MR) is 73.2 cm³/mol. The summed E-state index contributed by atoms with van der Waals surface area (Å²) in [5.74, 6) is 0.867. The van der Waals surface area contributed by atoms with E-state index >= 15 is 0 Å². The molecule has 1 aromatic heterocycles.